The average molecular weight is 491 g/mol. The first kappa shape index (κ1) is 25.8. The molecule has 1 aliphatic rings. The Balaban J connectivity index is 2.00. The van der Waals surface area contributed by atoms with Crippen molar-refractivity contribution in [2.45, 2.75) is 38.0 Å². The van der Waals surface area contributed by atoms with Gasteiger partial charge in [0.25, 0.3) is 0 Å². The van der Waals surface area contributed by atoms with Crippen LogP contribution < -0.4 is 4.74 Å². The highest BCUT2D eigenvalue weighted by molar-refractivity contribution is 6.76. The smallest absolute Gasteiger partial charge is 0.409 e. The van der Waals surface area contributed by atoms with Crippen molar-refractivity contribution in [3.63, 3.8) is 0 Å². The minimum atomic E-state index is -1.17. The van der Waals surface area contributed by atoms with Crippen LogP contribution in [0.1, 0.15) is 17.9 Å². The van der Waals surface area contributed by atoms with E-state index >= 15 is 0 Å². The molecule has 1 aromatic rings. The highest BCUT2D eigenvalue weighted by Gasteiger charge is 2.34. The van der Waals surface area contributed by atoms with Gasteiger partial charge in [0, 0.05) is 53.2 Å². The van der Waals surface area contributed by atoms with Gasteiger partial charge in [0.05, 0.1) is 16.6 Å². The number of hydrogen-bond donors (Lipinski definition) is 0. The maximum absolute atomic E-state index is 12.5. The summed E-state index contributed by atoms with van der Waals surface area (Å²) in [7, 11) is 2.04. The number of rotatable bonds is 10. The lowest BCUT2D eigenvalue weighted by molar-refractivity contribution is -0.128. The van der Waals surface area contributed by atoms with E-state index in [1.807, 2.05) is 0 Å². The van der Waals surface area contributed by atoms with Crippen LogP contribution in [-0.4, -0.2) is 77.1 Å². The van der Waals surface area contributed by atoms with E-state index < -0.39 is 14.2 Å². The van der Waals surface area contributed by atoms with Crippen LogP contribution in [0.3, 0.4) is 0 Å². The Kier molecular flexibility index (Phi) is 9.48. The Morgan fingerprint density at radius 3 is 2.58 bits per heavy atom. The summed E-state index contributed by atoms with van der Waals surface area (Å²) in [5.41, 5.74) is 0.712. The van der Waals surface area contributed by atoms with Crippen molar-refractivity contribution < 1.29 is 23.8 Å². The van der Waals surface area contributed by atoms with Crippen molar-refractivity contribution in [2.75, 3.05) is 47.2 Å². The van der Waals surface area contributed by atoms with Crippen molar-refractivity contribution in [1.29, 1.82) is 0 Å². The highest BCUT2D eigenvalue weighted by atomic mass is 35.5. The largest absolute Gasteiger partial charge is 0.467 e. The number of amides is 2. The second-order valence-electron chi connectivity index (χ2n) is 9.00. The summed E-state index contributed by atoms with van der Waals surface area (Å²) in [6, 6.07) is 4.49. The Bertz CT molecular complexity index is 786. The number of benzene rings is 1. The fourth-order valence-corrected chi connectivity index (χ4v) is 4.38. The van der Waals surface area contributed by atoms with Gasteiger partial charge in [0.2, 0.25) is 5.91 Å². The average Bonchev–Trinajstić information content (AvgIpc) is 3.03. The molecule has 2 rings (SSSR count). The van der Waals surface area contributed by atoms with Gasteiger partial charge in [0.15, 0.2) is 6.79 Å². The molecule has 0 spiro atoms. The van der Waals surface area contributed by atoms with Crippen molar-refractivity contribution >= 4 is 43.3 Å². The van der Waals surface area contributed by atoms with Gasteiger partial charge >= 0.3 is 6.09 Å². The van der Waals surface area contributed by atoms with Crippen molar-refractivity contribution in [3.8, 4) is 5.75 Å². The molecule has 1 atom stereocenters. The van der Waals surface area contributed by atoms with Gasteiger partial charge in [0.1, 0.15) is 12.4 Å². The topological polar surface area (TPSA) is 68.3 Å². The lowest BCUT2D eigenvalue weighted by Gasteiger charge is -2.20. The highest BCUT2D eigenvalue weighted by Crippen LogP contribution is 2.42. The molecule has 0 bridgehead atoms. The first-order chi connectivity index (χ1) is 14.5. The Morgan fingerprint density at radius 2 is 1.94 bits per heavy atom. The van der Waals surface area contributed by atoms with Gasteiger partial charge in [-0.25, -0.2) is 4.79 Å². The first-order valence-corrected chi connectivity index (χ1v) is 14.8. The minimum absolute atomic E-state index is 0.0284. The zero-order valence-corrected chi connectivity index (χ0v) is 21.4. The second kappa shape index (κ2) is 11.4. The predicted octanol–water partition coefficient (Wildman–Crippen LogP) is 4.70. The van der Waals surface area contributed by atoms with Crippen LogP contribution >= 0.6 is 23.2 Å². The molecule has 1 aromatic carbocycles. The van der Waals surface area contributed by atoms with Gasteiger partial charge in [-0.05, 0) is 18.2 Å². The monoisotopic (exact) mass is 490 g/mol. The Morgan fingerprint density at radius 1 is 1.23 bits per heavy atom. The van der Waals surface area contributed by atoms with E-state index in [9.17, 15) is 9.59 Å². The summed E-state index contributed by atoms with van der Waals surface area (Å²) in [6.07, 6.45) is -0.153. The lowest BCUT2D eigenvalue weighted by Crippen LogP contribution is -2.31. The molecular weight excluding hydrogens is 459 g/mol. The summed E-state index contributed by atoms with van der Waals surface area (Å²) in [5.74, 6) is 0.376. The zero-order valence-electron chi connectivity index (χ0n) is 18.9. The van der Waals surface area contributed by atoms with Crippen LogP contribution in [0.2, 0.25) is 35.7 Å². The lowest BCUT2D eigenvalue weighted by atomic mass is 9.97. The molecule has 0 radical (unpaired) electrons. The molecule has 174 valence electrons. The molecule has 1 saturated heterocycles. The van der Waals surface area contributed by atoms with Crippen LogP contribution in [0.25, 0.3) is 0 Å². The van der Waals surface area contributed by atoms with Crippen LogP contribution in [0.4, 0.5) is 4.79 Å². The van der Waals surface area contributed by atoms with E-state index in [1.165, 1.54) is 4.90 Å². The van der Waals surface area contributed by atoms with Gasteiger partial charge in [-0.15, -0.1) is 0 Å². The van der Waals surface area contributed by atoms with Crippen LogP contribution in [-0.2, 0) is 14.3 Å². The van der Waals surface area contributed by atoms with Crippen molar-refractivity contribution in [1.82, 2.24) is 9.80 Å². The molecule has 1 fully saturated rings. The maximum atomic E-state index is 12.5. The number of ether oxygens (including phenoxy) is 3. The van der Waals surface area contributed by atoms with Gasteiger partial charge in [-0.2, -0.15) is 0 Å². The van der Waals surface area contributed by atoms with Crippen molar-refractivity contribution in [2.24, 2.45) is 0 Å². The van der Waals surface area contributed by atoms with E-state index in [0.717, 1.165) is 6.04 Å². The van der Waals surface area contributed by atoms with Gasteiger partial charge in [-0.1, -0.05) is 42.8 Å². The number of nitrogens with zero attached hydrogens (tertiary/aromatic N) is 2. The molecule has 31 heavy (non-hydrogen) atoms. The normalized spacial score (nSPS) is 16.5. The summed E-state index contributed by atoms with van der Waals surface area (Å²) in [5, 5.41) is 0.800. The fraction of sp³-hybridized carbons (Fsp3) is 0.619. The number of hydrogen-bond acceptors (Lipinski definition) is 5. The Hall–Kier alpha value is -1.48. The molecule has 7 nitrogen and oxygen atoms in total. The van der Waals surface area contributed by atoms with Crippen LogP contribution in [0, 0.1) is 0 Å². The summed E-state index contributed by atoms with van der Waals surface area (Å²) in [6.45, 7) is 8.53. The van der Waals surface area contributed by atoms with E-state index in [2.05, 4.69) is 19.6 Å². The molecule has 0 aromatic heterocycles. The molecule has 1 aliphatic heterocycles. The summed E-state index contributed by atoms with van der Waals surface area (Å²) >= 11 is 12.7. The standard InChI is InChI=1S/C21H32Cl2N2O5Si/c1-24(2)21(27)29-9-8-25-13-15(12-18(25)26)19-17(7-6-16(22)20(19)23)30-14-28-10-11-31(3,4)5/h6-7,15H,8-14H2,1-5H3/t15-/m1/s1. The van der Waals surface area contributed by atoms with Crippen molar-refractivity contribution in [3.05, 3.63) is 27.7 Å². The summed E-state index contributed by atoms with van der Waals surface area (Å²) < 4.78 is 16.6. The minimum Gasteiger partial charge on any atom is -0.467 e. The summed E-state index contributed by atoms with van der Waals surface area (Å²) in [4.78, 5) is 27.1. The second-order valence-corrected chi connectivity index (χ2v) is 15.4. The van der Waals surface area contributed by atoms with Gasteiger partial charge < -0.3 is 24.0 Å². The molecule has 0 unspecified atom stereocenters. The maximum Gasteiger partial charge on any atom is 0.409 e. The number of likely N-dealkylation sites (tertiary alicyclic amines) is 1. The number of carbonyl (C=O) groups excluding carboxylic acids is 2. The third-order valence-electron chi connectivity index (χ3n) is 4.96. The van der Waals surface area contributed by atoms with Crippen LogP contribution in [0.15, 0.2) is 12.1 Å². The number of halogens is 2. The Labute approximate surface area is 195 Å². The molecule has 0 saturated carbocycles. The first-order valence-electron chi connectivity index (χ1n) is 10.3. The quantitative estimate of drug-likeness (QED) is 0.270. The van der Waals surface area contributed by atoms with Gasteiger partial charge in [-0.3, -0.25) is 4.79 Å². The molecule has 1 heterocycles. The molecule has 2 amide bonds. The third kappa shape index (κ3) is 7.86. The molecular formula is C21H32Cl2N2O5Si. The third-order valence-corrected chi connectivity index (χ3v) is 7.48. The van der Waals surface area contributed by atoms with E-state index in [1.54, 1.807) is 31.1 Å². The van der Waals surface area contributed by atoms with E-state index in [0.29, 0.717) is 41.1 Å². The zero-order chi connectivity index (χ0) is 23.2. The molecule has 0 aliphatic carbocycles. The van der Waals surface area contributed by atoms with E-state index in [4.69, 9.17) is 37.4 Å². The molecule has 0 N–H and O–H groups in total. The SMILES string of the molecule is CN(C)C(=O)OCCN1C[C@H](c2c(OCOCC[Si](C)(C)C)ccc(Cl)c2Cl)CC1=O. The fourth-order valence-electron chi connectivity index (χ4n) is 3.15. The van der Waals surface area contributed by atoms with Crippen LogP contribution in [0.5, 0.6) is 5.75 Å². The van der Waals surface area contributed by atoms with E-state index in [-0.39, 0.29) is 31.6 Å². The predicted molar refractivity (Wildman–Crippen MR) is 125 cm³/mol. The number of carbonyl (C=O) groups is 2. The molecule has 10 heteroatoms.